The van der Waals surface area contributed by atoms with E-state index in [1.54, 1.807) is 7.11 Å². The molecule has 0 saturated heterocycles. The number of nitrogens with zero attached hydrogens (tertiary/aromatic N) is 1. The van der Waals surface area contributed by atoms with E-state index in [4.69, 9.17) is 4.74 Å². The van der Waals surface area contributed by atoms with Gasteiger partial charge in [-0.2, -0.15) is 0 Å². The highest BCUT2D eigenvalue weighted by atomic mass is 16.5. The highest BCUT2D eigenvalue weighted by Gasteiger charge is 2.30. The van der Waals surface area contributed by atoms with Gasteiger partial charge in [-0.05, 0) is 20.8 Å². The summed E-state index contributed by atoms with van der Waals surface area (Å²) < 4.78 is 6.32. The topological polar surface area (TPSA) is 9.23 Å². The fourth-order valence-corrected chi connectivity index (χ4v) is 1.28. The monoisotopic (exact) mass is 160 g/mol. The summed E-state index contributed by atoms with van der Waals surface area (Å²) in [6.07, 6.45) is 0.292. The maximum Gasteiger partial charge on any atom is 0.190 e. The minimum Gasteiger partial charge on any atom is -0.333 e. The molecule has 0 aliphatic heterocycles. The first kappa shape index (κ1) is 10.9. The summed E-state index contributed by atoms with van der Waals surface area (Å²) in [4.78, 5) is 0. The summed E-state index contributed by atoms with van der Waals surface area (Å²) in [5, 5.41) is 0. The van der Waals surface area contributed by atoms with Crippen molar-refractivity contribution in [2.75, 3.05) is 20.7 Å². The van der Waals surface area contributed by atoms with E-state index in [0.717, 1.165) is 11.0 Å². The lowest BCUT2D eigenvalue weighted by Gasteiger charge is -2.41. The average molecular weight is 160 g/mol. The van der Waals surface area contributed by atoms with Gasteiger partial charge in [-0.15, -0.1) is 0 Å². The van der Waals surface area contributed by atoms with Crippen molar-refractivity contribution in [3.05, 3.63) is 0 Å². The Labute approximate surface area is 70.7 Å². The Balaban J connectivity index is 4.32. The van der Waals surface area contributed by atoms with Crippen LogP contribution >= 0.6 is 0 Å². The molecule has 68 valence electrons. The summed E-state index contributed by atoms with van der Waals surface area (Å²) in [6, 6.07) is 0.620. The third kappa shape index (κ3) is 2.17. The quantitative estimate of drug-likeness (QED) is 0.450. The zero-order chi connectivity index (χ0) is 9.07. The minimum absolute atomic E-state index is 0.292. The van der Waals surface area contributed by atoms with Crippen molar-refractivity contribution in [1.82, 2.24) is 0 Å². The first-order valence-electron chi connectivity index (χ1n) is 4.36. The molecule has 0 bridgehead atoms. The smallest absolute Gasteiger partial charge is 0.190 e. The Bertz CT molecular complexity index is 114. The van der Waals surface area contributed by atoms with Crippen molar-refractivity contribution in [2.45, 2.75) is 40.0 Å². The Morgan fingerprint density at radius 3 is 1.82 bits per heavy atom. The second-order valence-corrected chi connectivity index (χ2v) is 3.59. The van der Waals surface area contributed by atoms with Crippen molar-refractivity contribution in [3.8, 4) is 0 Å². The molecular weight excluding hydrogens is 138 g/mol. The second-order valence-electron chi connectivity index (χ2n) is 3.59. The van der Waals surface area contributed by atoms with Gasteiger partial charge in [-0.25, -0.2) is 0 Å². The van der Waals surface area contributed by atoms with Gasteiger partial charge >= 0.3 is 0 Å². The zero-order valence-electron chi connectivity index (χ0n) is 8.72. The van der Waals surface area contributed by atoms with E-state index in [-0.39, 0.29) is 0 Å². The van der Waals surface area contributed by atoms with Gasteiger partial charge in [0.2, 0.25) is 0 Å². The van der Waals surface area contributed by atoms with Crippen LogP contribution in [0, 0.1) is 0 Å². The van der Waals surface area contributed by atoms with E-state index >= 15 is 0 Å². The molecule has 2 heteroatoms. The summed E-state index contributed by atoms with van der Waals surface area (Å²) in [6.45, 7) is 9.92. The van der Waals surface area contributed by atoms with Crippen molar-refractivity contribution in [1.29, 1.82) is 0 Å². The van der Waals surface area contributed by atoms with Gasteiger partial charge < -0.3 is 4.74 Å². The predicted molar refractivity (Wildman–Crippen MR) is 48.3 cm³/mol. The Morgan fingerprint density at radius 2 is 1.73 bits per heavy atom. The van der Waals surface area contributed by atoms with Crippen LogP contribution in [0.3, 0.4) is 0 Å². The van der Waals surface area contributed by atoms with Gasteiger partial charge in [0.15, 0.2) is 6.23 Å². The van der Waals surface area contributed by atoms with E-state index < -0.39 is 0 Å². The molecule has 0 radical (unpaired) electrons. The summed E-state index contributed by atoms with van der Waals surface area (Å²) >= 11 is 0. The summed E-state index contributed by atoms with van der Waals surface area (Å²) in [5.74, 6) is 0. The maximum absolute atomic E-state index is 5.34. The van der Waals surface area contributed by atoms with Crippen molar-refractivity contribution < 1.29 is 9.22 Å². The standard InChI is InChI=1S/C9H22NO/c1-7-10(5,8(2)3)9(4)11-6/h8-9H,7H2,1-6H3/q+1. The number of rotatable bonds is 4. The van der Waals surface area contributed by atoms with Crippen molar-refractivity contribution in [2.24, 2.45) is 0 Å². The molecule has 2 atom stereocenters. The summed E-state index contributed by atoms with van der Waals surface area (Å²) in [7, 11) is 4.01. The minimum atomic E-state index is 0.292. The molecule has 0 fully saturated rings. The SMILES string of the molecule is CC[N+](C)(C(C)C)C(C)OC. The largest absolute Gasteiger partial charge is 0.333 e. The molecular formula is C9H22NO+. The maximum atomic E-state index is 5.34. The molecule has 0 amide bonds. The Morgan fingerprint density at radius 1 is 1.27 bits per heavy atom. The van der Waals surface area contributed by atoms with Gasteiger partial charge in [0.1, 0.15) is 0 Å². The Hall–Kier alpha value is -0.0800. The number of quaternary nitrogens is 1. The van der Waals surface area contributed by atoms with Crippen LogP contribution in [0.2, 0.25) is 0 Å². The van der Waals surface area contributed by atoms with Crippen LogP contribution in [0.25, 0.3) is 0 Å². The number of hydrogen-bond acceptors (Lipinski definition) is 1. The molecule has 0 aromatic carbocycles. The average Bonchev–Trinajstić information content (AvgIpc) is 2.01. The fourth-order valence-electron chi connectivity index (χ4n) is 1.28. The van der Waals surface area contributed by atoms with Crippen molar-refractivity contribution in [3.63, 3.8) is 0 Å². The molecule has 0 rings (SSSR count). The predicted octanol–water partition coefficient (Wildman–Crippen LogP) is 1.85. The van der Waals surface area contributed by atoms with Crippen LogP contribution in [-0.2, 0) is 4.74 Å². The molecule has 0 heterocycles. The number of ether oxygens (including phenoxy) is 1. The molecule has 2 unspecified atom stereocenters. The first-order valence-corrected chi connectivity index (χ1v) is 4.36. The number of hydrogen-bond donors (Lipinski definition) is 0. The lowest BCUT2D eigenvalue weighted by Crippen LogP contribution is -2.56. The van der Waals surface area contributed by atoms with E-state index in [0.29, 0.717) is 12.3 Å². The van der Waals surface area contributed by atoms with Crippen LogP contribution in [0.15, 0.2) is 0 Å². The molecule has 0 aliphatic rings. The van der Waals surface area contributed by atoms with E-state index in [2.05, 4.69) is 34.7 Å². The third-order valence-electron chi connectivity index (χ3n) is 3.03. The molecule has 2 nitrogen and oxygen atoms in total. The van der Waals surface area contributed by atoms with Gasteiger partial charge in [-0.3, -0.25) is 4.48 Å². The van der Waals surface area contributed by atoms with Crippen LogP contribution in [-0.4, -0.2) is 37.5 Å². The molecule has 0 N–H and O–H groups in total. The van der Waals surface area contributed by atoms with Gasteiger partial charge in [0.05, 0.1) is 19.6 Å². The van der Waals surface area contributed by atoms with Gasteiger partial charge in [0, 0.05) is 14.0 Å². The fraction of sp³-hybridized carbons (Fsp3) is 1.00. The first-order chi connectivity index (χ1) is 4.99. The van der Waals surface area contributed by atoms with Crippen molar-refractivity contribution >= 4 is 0 Å². The summed E-state index contributed by atoms with van der Waals surface area (Å²) in [5.41, 5.74) is 0. The zero-order valence-corrected chi connectivity index (χ0v) is 8.72. The van der Waals surface area contributed by atoms with Crippen LogP contribution < -0.4 is 0 Å². The van der Waals surface area contributed by atoms with Crippen LogP contribution in [0.1, 0.15) is 27.7 Å². The lowest BCUT2D eigenvalue weighted by molar-refractivity contribution is -0.969. The van der Waals surface area contributed by atoms with E-state index in [1.807, 2.05) is 0 Å². The third-order valence-corrected chi connectivity index (χ3v) is 3.03. The molecule has 0 saturated carbocycles. The highest BCUT2D eigenvalue weighted by molar-refractivity contribution is 4.44. The molecule has 0 aliphatic carbocycles. The van der Waals surface area contributed by atoms with Gasteiger partial charge in [0.25, 0.3) is 0 Å². The number of methoxy groups -OCH3 is 1. The normalized spacial score (nSPS) is 19.9. The molecule has 0 aromatic rings. The van der Waals surface area contributed by atoms with Crippen LogP contribution in [0.5, 0.6) is 0 Å². The Kier molecular flexibility index (Phi) is 4.04. The molecule has 11 heavy (non-hydrogen) atoms. The second kappa shape index (κ2) is 4.07. The van der Waals surface area contributed by atoms with Gasteiger partial charge in [-0.1, -0.05) is 0 Å². The van der Waals surface area contributed by atoms with E-state index in [1.165, 1.54) is 0 Å². The van der Waals surface area contributed by atoms with Crippen LogP contribution in [0.4, 0.5) is 0 Å². The molecule has 0 spiro atoms. The molecule has 0 aromatic heterocycles. The lowest BCUT2D eigenvalue weighted by atomic mass is 10.2. The highest BCUT2D eigenvalue weighted by Crippen LogP contribution is 2.15. The van der Waals surface area contributed by atoms with E-state index in [9.17, 15) is 0 Å².